The van der Waals surface area contributed by atoms with Crippen LogP contribution in [0.2, 0.25) is 0 Å². The largest absolute Gasteiger partial charge is 0.493 e. The zero-order chi connectivity index (χ0) is 17.4. The Kier molecular flexibility index (Phi) is 6.19. The molecule has 0 aliphatic carbocycles. The first-order valence-electron chi connectivity index (χ1n) is 7.22. The van der Waals surface area contributed by atoms with Crippen LogP contribution in [-0.4, -0.2) is 32.8 Å². The number of carbonyl (C=O) groups is 2. The lowest BCUT2D eigenvalue weighted by molar-refractivity contribution is -0.142. The van der Waals surface area contributed by atoms with Crippen LogP contribution >= 0.6 is 0 Å². The number of hydrogen-bond donors (Lipinski definition) is 0. The van der Waals surface area contributed by atoms with E-state index in [-0.39, 0.29) is 19.0 Å². The second-order valence-electron chi connectivity index (χ2n) is 4.79. The fourth-order valence-corrected chi connectivity index (χ4v) is 1.92. The predicted octanol–water partition coefficient (Wildman–Crippen LogP) is 2.60. The fourth-order valence-electron chi connectivity index (χ4n) is 1.92. The van der Waals surface area contributed by atoms with Crippen LogP contribution in [0, 0.1) is 0 Å². The van der Waals surface area contributed by atoms with Gasteiger partial charge >= 0.3 is 11.9 Å². The van der Waals surface area contributed by atoms with E-state index in [0.29, 0.717) is 11.3 Å². The molecule has 0 atom stereocenters. The van der Waals surface area contributed by atoms with Gasteiger partial charge in [0.1, 0.15) is 6.61 Å². The molecule has 2 aromatic carbocycles. The Morgan fingerprint density at radius 3 is 2.38 bits per heavy atom. The number of rotatable bonds is 7. The lowest BCUT2D eigenvalue weighted by atomic mass is 10.2. The van der Waals surface area contributed by atoms with E-state index in [9.17, 15) is 9.59 Å². The Morgan fingerprint density at radius 1 is 0.958 bits per heavy atom. The molecule has 126 valence electrons. The molecule has 0 spiro atoms. The van der Waals surface area contributed by atoms with Crippen LogP contribution in [0.1, 0.15) is 15.9 Å². The third-order valence-corrected chi connectivity index (χ3v) is 3.19. The minimum absolute atomic E-state index is 0.171. The molecule has 0 heterocycles. The Hall–Kier alpha value is -3.02. The lowest BCUT2D eigenvalue weighted by Crippen LogP contribution is -2.13. The SMILES string of the molecule is COC(=O)COc1cc(C(=O)OCc2ccccc2)ccc1OC. The van der Waals surface area contributed by atoms with Gasteiger partial charge in [-0.3, -0.25) is 0 Å². The zero-order valence-corrected chi connectivity index (χ0v) is 13.5. The van der Waals surface area contributed by atoms with E-state index in [1.54, 1.807) is 12.1 Å². The second kappa shape index (κ2) is 8.57. The van der Waals surface area contributed by atoms with Gasteiger partial charge in [0.2, 0.25) is 0 Å². The third kappa shape index (κ3) is 4.74. The Labute approximate surface area is 139 Å². The maximum Gasteiger partial charge on any atom is 0.343 e. The zero-order valence-electron chi connectivity index (χ0n) is 13.5. The van der Waals surface area contributed by atoms with Crippen LogP contribution in [0.4, 0.5) is 0 Å². The van der Waals surface area contributed by atoms with Crippen molar-refractivity contribution in [1.29, 1.82) is 0 Å². The quantitative estimate of drug-likeness (QED) is 0.727. The summed E-state index contributed by atoms with van der Waals surface area (Å²) in [7, 11) is 2.73. The highest BCUT2D eigenvalue weighted by Crippen LogP contribution is 2.28. The minimum atomic E-state index is -0.533. The van der Waals surface area contributed by atoms with E-state index in [1.165, 1.54) is 20.3 Å². The van der Waals surface area contributed by atoms with Gasteiger partial charge in [-0.15, -0.1) is 0 Å². The Bertz CT molecular complexity index is 696. The Morgan fingerprint density at radius 2 is 1.71 bits per heavy atom. The average Bonchev–Trinajstić information content (AvgIpc) is 2.64. The smallest absolute Gasteiger partial charge is 0.343 e. The van der Waals surface area contributed by atoms with Crippen molar-refractivity contribution in [2.24, 2.45) is 0 Å². The van der Waals surface area contributed by atoms with E-state index >= 15 is 0 Å². The van der Waals surface area contributed by atoms with Crippen LogP contribution < -0.4 is 9.47 Å². The third-order valence-electron chi connectivity index (χ3n) is 3.19. The van der Waals surface area contributed by atoms with Gasteiger partial charge in [-0.25, -0.2) is 9.59 Å². The molecule has 0 amide bonds. The average molecular weight is 330 g/mol. The molecule has 24 heavy (non-hydrogen) atoms. The maximum atomic E-state index is 12.2. The monoisotopic (exact) mass is 330 g/mol. The van der Waals surface area contributed by atoms with E-state index in [1.807, 2.05) is 30.3 Å². The molecule has 0 saturated heterocycles. The van der Waals surface area contributed by atoms with Gasteiger partial charge in [-0.05, 0) is 23.8 Å². The topological polar surface area (TPSA) is 71.1 Å². The summed E-state index contributed by atoms with van der Waals surface area (Å²) in [6.45, 7) is -0.112. The maximum absolute atomic E-state index is 12.2. The molecule has 2 aromatic rings. The van der Waals surface area contributed by atoms with Crippen LogP contribution in [0.25, 0.3) is 0 Å². The number of hydrogen-bond acceptors (Lipinski definition) is 6. The summed E-state index contributed by atoms with van der Waals surface area (Å²) in [5.74, 6) is -0.367. The highest BCUT2D eigenvalue weighted by Gasteiger charge is 2.14. The summed E-state index contributed by atoms with van der Waals surface area (Å²) >= 11 is 0. The number of methoxy groups -OCH3 is 2. The molecule has 0 aliphatic rings. The summed E-state index contributed by atoms with van der Waals surface area (Å²) in [4.78, 5) is 23.3. The van der Waals surface area contributed by atoms with Gasteiger partial charge in [-0.2, -0.15) is 0 Å². The van der Waals surface area contributed by atoms with Crippen molar-refractivity contribution in [3.05, 3.63) is 59.7 Å². The Balaban J connectivity index is 2.06. The highest BCUT2D eigenvalue weighted by atomic mass is 16.6. The van der Waals surface area contributed by atoms with Crippen molar-refractivity contribution in [3.8, 4) is 11.5 Å². The number of ether oxygens (including phenoxy) is 4. The van der Waals surface area contributed by atoms with Crippen LogP contribution in [-0.2, 0) is 20.9 Å². The summed E-state index contributed by atoms with van der Waals surface area (Å²) in [6.07, 6.45) is 0. The van der Waals surface area contributed by atoms with Crippen LogP contribution in [0.5, 0.6) is 11.5 Å². The van der Waals surface area contributed by atoms with Crippen molar-refractivity contribution in [2.75, 3.05) is 20.8 Å². The summed E-state index contributed by atoms with van der Waals surface area (Å²) < 4.78 is 20.2. The molecule has 0 bridgehead atoms. The summed E-state index contributed by atoms with van der Waals surface area (Å²) in [6, 6.07) is 14.0. The van der Waals surface area contributed by atoms with Crippen molar-refractivity contribution < 1.29 is 28.5 Å². The normalized spacial score (nSPS) is 9.92. The molecule has 0 radical (unpaired) electrons. The van der Waals surface area contributed by atoms with Gasteiger partial charge in [0.15, 0.2) is 18.1 Å². The minimum Gasteiger partial charge on any atom is -0.493 e. The molecule has 0 unspecified atom stereocenters. The van der Waals surface area contributed by atoms with E-state index in [0.717, 1.165) is 5.56 Å². The standard InChI is InChI=1S/C18H18O6/c1-21-15-9-8-14(10-16(15)23-12-17(19)22-2)18(20)24-11-13-6-4-3-5-7-13/h3-10H,11-12H2,1-2H3. The molecule has 2 rings (SSSR count). The molecule has 0 saturated carbocycles. The highest BCUT2D eigenvalue weighted by molar-refractivity contribution is 5.90. The molecule has 0 aliphatic heterocycles. The van der Waals surface area contributed by atoms with Crippen LogP contribution in [0.15, 0.2) is 48.5 Å². The van der Waals surface area contributed by atoms with Gasteiger partial charge in [0.05, 0.1) is 19.8 Å². The van der Waals surface area contributed by atoms with Crippen molar-refractivity contribution in [3.63, 3.8) is 0 Å². The van der Waals surface area contributed by atoms with Gasteiger partial charge in [-0.1, -0.05) is 30.3 Å². The van der Waals surface area contributed by atoms with E-state index in [2.05, 4.69) is 4.74 Å². The molecule has 6 heteroatoms. The van der Waals surface area contributed by atoms with Crippen molar-refractivity contribution >= 4 is 11.9 Å². The first-order valence-corrected chi connectivity index (χ1v) is 7.22. The second-order valence-corrected chi connectivity index (χ2v) is 4.79. The first kappa shape index (κ1) is 17.3. The molecular weight excluding hydrogens is 312 g/mol. The van der Waals surface area contributed by atoms with Gasteiger partial charge in [0, 0.05) is 0 Å². The fraction of sp³-hybridized carbons (Fsp3) is 0.222. The van der Waals surface area contributed by atoms with Crippen molar-refractivity contribution in [2.45, 2.75) is 6.61 Å². The molecule has 0 aromatic heterocycles. The predicted molar refractivity (Wildman–Crippen MR) is 86.1 cm³/mol. The summed E-state index contributed by atoms with van der Waals surface area (Å²) in [5, 5.41) is 0. The first-order chi connectivity index (χ1) is 11.6. The number of carbonyl (C=O) groups excluding carboxylic acids is 2. The molecule has 0 N–H and O–H groups in total. The van der Waals surface area contributed by atoms with Gasteiger partial charge in [0.25, 0.3) is 0 Å². The van der Waals surface area contributed by atoms with Crippen molar-refractivity contribution in [1.82, 2.24) is 0 Å². The van der Waals surface area contributed by atoms with Crippen LogP contribution in [0.3, 0.4) is 0 Å². The van der Waals surface area contributed by atoms with E-state index in [4.69, 9.17) is 14.2 Å². The molecule has 0 fully saturated rings. The molecule has 6 nitrogen and oxygen atoms in total. The number of benzene rings is 2. The summed E-state index contributed by atoms with van der Waals surface area (Å²) in [5.41, 5.74) is 1.19. The van der Waals surface area contributed by atoms with Gasteiger partial charge < -0.3 is 18.9 Å². The molecular formula is C18H18O6. The lowest BCUT2D eigenvalue weighted by Gasteiger charge is -2.11. The van der Waals surface area contributed by atoms with E-state index < -0.39 is 11.9 Å². The number of esters is 2.